The molecule has 3 aromatic carbocycles. The predicted molar refractivity (Wildman–Crippen MR) is 248 cm³/mol. The first-order chi connectivity index (χ1) is 32.2. The van der Waals surface area contributed by atoms with Crippen molar-refractivity contribution in [3.63, 3.8) is 0 Å². The van der Waals surface area contributed by atoms with Crippen LogP contribution in [0.2, 0.25) is 0 Å². The summed E-state index contributed by atoms with van der Waals surface area (Å²) in [7, 11) is 0. The molecule has 4 aliphatic rings. The summed E-state index contributed by atoms with van der Waals surface area (Å²) < 4.78 is 46.0. The summed E-state index contributed by atoms with van der Waals surface area (Å²) in [6.07, 6.45) is 8.13. The lowest BCUT2D eigenvalue weighted by atomic mass is 9.83. The van der Waals surface area contributed by atoms with Crippen molar-refractivity contribution in [2.24, 2.45) is 5.92 Å². The lowest BCUT2D eigenvalue weighted by molar-refractivity contribution is -0.139. The van der Waals surface area contributed by atoms with Crippen molar-refractivity contribution in [3.05, 3.63) is 107 Å². The lowest BCUT2D eigenvalue weighted by Gasteiger charge is -2.39. The largest absolute Gasteiger partial charge is 0.445 e. The van der Waals surface area contributed by atoms with E-state index in [1.54, 1.807) is 36.6 Å². The zero-order valence-corrected chi connectivity index (χ0v) is 39.3. The fourth-order valence-electron chi connectivity index (χ4n) is 9.78. The fraction of sp³-hybridized carbons (Fsp3) is 0.558. The number of nitrogens with one attached hydrogen (secondary N) is 1. The highest BCUT2D eigenvalue weighted by molar-refractivity contribution is 5.98. The molecule has 0 spiro atoms. The molecule has 1 N–H and O–H groups in total. The number of benzene rings is 3. The fourth-order valence-corrected chi connectivity index (χ4v) is 9.78. The van der Waals surface area contributed by atoms with Crippen molar-refractivity contribution in [2.75, 3.05) is 45.8 Å². The number of rotatable bonds is 13. The van der Waals surface area contributed by atoms with Crippen molar-refractivity contribution in [3.8, 4) is 0 Å². The Balaban J connectivity index is 0.922. The molecule has 7 rings (SSSR count). The van der Waals surface area contributed by atoms with Crippen LogP contribution in [0, 0.1) is 17.6 Å². The van der Waals surface area contributed by atoms with Gasteiger partial charge in [-0.05, 0) is 107 Å². The third-order valence-electron chi connectivity index (χ3n) is 13.5. The van der Waals surface area contributed by atoms with Gasteiger partial charge in [0.15, 0.2) is 0 Å². The van der Waals surface area contributed by atoms with Crippen LogP contribution in [0.1, 0.15) is 124 Å². The van der Waals surface area contributed by atoms with Crippen molar-refractivity contribution >= 4 is 29.9 Å². The first-order valence-corrected chi connectivity index (χ1v) is 24.2. The Morgan fingerprint density at radius 2 is 1.43 bits per heavy atom. The van der Waals surface area contributed by atoms with Gasteiger partial charge in [0.1, 0.15) is 36.4 Å². The van der Waals surface area contributed by atoms with Crippen LogP contribution in [0.25, 0.3) is 0 Å². The molecule has 362 valence electrons. The summed E-state index contributed by atoms with van der Waals surface area (Å²) in [5, 5.41) is 3.18. The molecule has 3 saturated heterocycles. The van der Waals surface area contributed by atoms with Crippen LogP contribution in [0.4, 0.5) is 18.4 Å². The molecule has 0 radical (unpaired) electrons. The van der Waals surface area contributed by atoms with Crippen molar-refractivity contribution in [1.29, 1.82) is 0 Å². The van der Waals surface area contributed by atoms with Crippen molar-refractivity contribution in [2.45, 2.75) is 134 Å². The molecule has 3 aliphatic heterocycles. The van der Waals surface area contributed by atoms with E-state index in [4.69, 9.17) is 14.2 Å². The van der Waals surface area contributed by atoms with Crippen LogP contribution in [0.5, 0.6) is 0 Å². The molecule has 3 heterocycles. The zero-order valence-electron chi connectivity index (χ0n) is 39.3. The summed E-state index contributed by atoms with van der Waals surface area (Å²) in [5.41, 5.74) is 1.46. The molecular weight excluding hydrogens is 861 g/mol. The Morgan fingerprint density at radius 1 is 0.746 bits per heavy atom. The number of nitrogens with zero attached hydrogens (tertiary/aromatic N) is 4. The smallest absolute Gasteiger partial charge is 0.411 e. The van der Waals surface area contributed by atoms with E-state index < -0.39 is 29.4 Å². The van der Waals surface area contributed by atoms with Crippen LogP contribution >= 0.6 is 0 Å². The van der Waals surface area contributed by atoms with Gasteiger partial charge in [0, 0.05) is 62.4 Å². The van der Waals surface area contributed by atoms with Gasteiger partial charge in [-0.2, -0.15) is 0 Å². The highest BCUT2D eigenvalue weighted by Gasteiger charge is 2.37. The van der Waals surface area contributed by atoms with Gasteiger partial charge >= 0.3 is 12.2 Å². The average Bonchev–Trinajstić information content (AvgIpc) is 3.33. The van der Waals surface area contributed by atoms with E-state index in [9.17, 15) is 32.8 Å². The van der Waals surface area contributed by atoms with E-state index >= 15 is 0 Å². The quantitative estimate of drug-likeness (QED) is 0.180. The molecule has 2 atom stereocenters. The van der Waals surface area contributed by atoms with Gasteiger partial charge in [0.25, 0.3) is 5.91 Å². The topological polar surface area (TPSA) is 138 Å². The third kappa shape index (κ3) is 14.0. The number of hydrogen-bond acceptors (Lipinski definition) is 8. The molecule has 3 aromatic rings. The SMILES string of the molecule is CC(C)(C)OC(=O)N(CC(=O)N1CCC[C@@H](c2cccc(C(=O)N[C@@H](C(=O)N3CCC(OC4CCN(C(=O)OCc5ccccc5)CC4)CC3)C3CCCCC3)c2)C1)Cc1ccc(F)cc1F. The summed E-state index contributed by atoms with van der Waals surface area (Å²) >= 11 is 0. The second kappa shape index (κ2) is 23.0. The molecular formula is C52H67F2N5O8. The number of ether oxygens (including phenoxy) is 3. The second-order valence-electron chi connectivity index (χ2n) is 19.6. The number of piperidine rings is 3. The van der Waals surface area contributed by atoms with E-state index in [2.05, 4.69) is 5.32 Å². The maximum atomic E-state index is 14.7. The monoisotopic (exact) mass is 927 g/mol. The van der Waals surface area contributed by atoms with Gasteiger partial charge in [-0.3, -0.25) is 19.3 Å². The number of likely N-dealkylation sites (tertiary alicyclic amines) is 3. The minimum Gasteiger partial charge on any atom is -0.445 e. The molecule has 15 heteroatoms. The van der Waals surface area contributed by atoms with Gasteiger partial charge in [0.2, 0.25) is 11.8 Å². The van der Waals surface area contributed by atoms with Crippen molar-refractivity contribution in [1.82, 2.24) is 24.9 Å². The van der Waals surface area contributed by atoms with Crippen LogP contribution in [-0.4, -0.2) is 119 Å². The summed E-state index contributed by atoms with van der Waals surface area (Å²) in [6, 6.07) is 19.4. The van der Waals surface area contributed by atoms with Crippen molar-refractivity contribution < 1.29 is 47.0 Å². The normalized spacial score (nSPS) is 19.4. The van der Waals surface area contributed by atoms with Gasteiger partial charge in [0.05, 0.1) is 18.8 Å². The van der Waals surface area contributed by atoms with Crippen LogP contribution in [0.3, 0.4) is 0 Å². The van der Waals surface area contributed by atoms with Gasteiger partial charge < -0.3 is 34.2 Å². The molecule has 13 nitrogen and oxygen atoms in total. The Kier molecular flexibility index (Phi) is 16.9. The molecule has 67 heavy (non-hydrogen) atoms. The van der Waals surface area contributed by atoms with E-state index in [-0.39, 0.29) is 73.1 Å². The zero-order chi connectivity index (χ0) is 47.5. The minimum absolute atomic E-state index is 0.0111. The predicted octanol–water partition coefficient (Wildman–Crippen LogP) is 8.60. The van der Waals surface area contributed by atoms with Crippen LogP contribution in [-0.2, 0) is 37.0 Å². The minimum atomic E-state index is -0.867. The van der Waals surface area contributed by atoms with Crippen LogP contribution in [0.15, 0.2) is 72.8 Å². The number of carbonyl (C=O) groups excluding carboxylic acids is 5. The standard InChI is InChI=1S/C52H67F2N5O8/c1-52(2,3)67-51(64)59(33-41-19-20-42(53)31-45(41)54)34-46(60)58-25-11-18-40(32-58)38-16-10-17-39(30-38)48(61)55-47(37-14-8-5-9-15-37)49(62)56-26-21-43(22-27-56)66-44-23-28-57(29-24-44)50(63)65-35-36-12-6-4-7-13-36/h4,6-7,10,12-13,16-17,19-20,30-31,37,40,43-44,47H,5,8-9,11,14-15,18,21-29,32-35H2,1-3H3,(H,55,61)/t40-,47-/m1/s1. The molecule has 0 bridgehead atoms. The number of amides is 5. The molecule has 0 unspecified atom stereocenters. The first-order valence-electron chi connectivity index (χ1n) is 24.2. The van der Waals surface area contributed by atoms with E-state index in [1.807, 2.05) is 53.4 Å². The molecule has 4 fully saturated rings. The Labute approximate surface area is 393 Å². The van der Waals surface area contributed by atoms with Crippen LogP contribution < -0.4 is 5.32 Å². The number of carbonyl (C=O) groups is 5. The summed E-state index contributed by atoms with van der Waals surface area (Å²) in [6.45, 7) is 7.73. The maximum Gasteiger partial charge on any atom is 0.411 e. The van der Waals surface area contributed by atoms with Gasteiger partial charge in [-0.25, -0.2) is 18.4 Å². The maximum absolute atomic E-state index is 14.7. The molecule has 5 amide bonds. The Hall–Kier alpha value is -5.57. The molecule has 1 saturated carbocycles. The average molecular weight is 928 g/mol. The van der Waals surface area contributed by atoms with E-state index in [0.29, 0.717) is 64.1 Å². The summed E-state index contributed by atoms with van der Waals surface area (Å²) in [5.74, 6) is -2.34. The molecule has 0 aromatic heterocycles. The lowest BCUT2D eigenvalue weighted by Crippen LogP contribution is -2.55. The highest BCUT2D eigenvalue weighted by Crippen LogP contribution is 2.31. The van der Waals surface area contributed by atoms with E-state index in [1.165, 1.54) is 6.07 Å². The summed E-state index contributed by atoms with van der Waals surface area (Å²) in [4.78, 5) is 74.7. The number of halogens is 2. The second-order valence-corrected chi connectivity index (χ2v) is 19.6. The number of hydrogen-bond donors (Lipinski definition) is 1. The Bertz CT molecular complexity index is 2170. The van der Waals surface area contributed by atoms with E-state index in [0.717, 1.165) is 79.5 Å². The first kappa shape index (κ1) is 49.3. The molecule has 1 aliphatic carbocycles. The highest BCUT2D eigenvalue weighted by atomic mass is 19.1. The van der Waals surface area contributed by atoms with Gasteiger partial charge in [-0.1, -0.05) is 67.8 Å². The third-order valence-corrected chi connectivity index (χ3v) is 13.5. The van der Waals surface area contributed by atoms with Gasteiger partial charge in [-0.15, -0.1) is 0 Å². The Morgan fingerprint density at radius 3 is 2.10 bits per heavy atom.